The van der Waals surface area contributed by atoms with Crippen LogP contribution in [0.15, 0.2) is 13.6 Å². The largest absolute Gasteiger partial charge is 0.519 e. The van der Waals surface area contributed by atoms with E-state index in [0.717, 1.165) is 38.5 Å². The number of ether oxygens (including phenoxy) is 2. The Balaban J connectivity index is 1.23. The maximum atomic E-state index is 12.5. The van der Waals surface area contributed by atoms with E-state index in [1.165, 1.54) is 19.3 Å². The fraction of sp³-hybridized carbons (Fsp3) is 0.821. The van der Waals surface area contributed by atoms with E-state index in [0.29, 0.717) is 35.2 Å². The highest BCUT2D eigenvalue weighted by atomic mass is 16.7. The summed E-state index contributed by atoms with van der Waals surface area (Å²) in [5, 5.41) is 0. The number of carbonyl (C=O) groups excluding carboxylic acids is 2. The van der Waals surface area contributed by atoms with E-state index < -0.39 is 17.6 Å². The molecule has 35 heavy (non-hydrogen) atoms. The van der Waals surface area contributed by atoms with Crippen LogP contribution in [0.25, 0.3) is 0 Å². The Morgan fingerprint density at radius 3 is 2.37 bits per heavy atom. The number of Topliss-reactive ketones (excluding diaryl/α,β-unsaturated/α-hetero) is 1. The fourth-order valence-corrected chi connectivity index (χ4v) is 9.04. The zero-order valence-electron chi connectivity index (χ0n) is 21.8. The predicted octanol–water partition coefficient (Wildman–Crippen LogP) is 6.20. The van der Waals surface area contributed by atoms with Crippen LogP contribution in [-0.4, -0.2) is 17.5 Å². The Labute approximate surface area is 207 Å². The van der Waals surface area contributed by atoms with Crippen LogP contribution < -0.4 is 5.82 Å². The third kappa shape index (κ3) is 4.07. The monoisotopic (exact) mass is 488 g/mol. The van der Waals surface area contributed by atoms with E-state index in [4.69, 9.17) is 18.3 Å². The molecule has 4 saturated carbocycles. The van der Waals surface area contributed by atoms with Gasteiger partial charge in [-0.05, 0) is 113 Å². The first kappa shape index (κ1) is 24.6. The topological polar surface area (TPSA) is 96.0 Å². The lowest BCUT2D eigenvalue weighted by Crippen LogP contribution is -2.56. The SMILES string of the molecule is CC(=O)[C@H]1CC[C@H]2[C@@H]3CC[C@H]4C[C@](C)(OC(=O)OCc5oc(=O)oc5C)CC[C@]4(C)[C@H]3CC[C@]12C. The van der Waals surface area contributed by atoms with Crippen molar-refractivity contribution in [3.63, 3.8) is 0 Å². The first-order valence-corrected chi connectivity index (χ1v) is 13.4. The zero-order valence-corrected chi connectivity index (χ0v) is 21.8. The number of rotatable bonds is 4. The van der Waals surface area contributed by atoms with Crippen molar-refractivity contribution in [1.82, 2.24) is 0 Å². The van der Waals surface area contributed by atoms with Crippen LogP contribution in [0.1, 0.15) is 97.0 Å². The van der Waals surface area contributed by atoms with Gasteiger partial charge in [0.25, 0.3) is 0 Å². The molecule has 5 rings (SSSR count). The van der Waals surface area contributed by atoms with E-state index in [9.17, 15) is 14.4 Å². The van der Waals surface area contributed by atoms with Crippen molar-refractivity contribution >= 4 is 11.9 Å². The molecule has 194 valence electrons. The van der Waals surface area contributed by atoms with Gasteiger partial charge in [0, 0.05) is 5.92 Å². The van der Waals surface area contributed by atoms with Crippen molar-refractivity contribution in [2.24, 2.45) is 40.4 Å². The van der Waals surface area contributed by atoms with E-state index in [1.54, 1.807) is 13.8 Å². The van der Waals surface area contributed by atoms with Gasteiger partial charge < -0.3 is 18.3 Å². The van der Waals surface area contributed by atoms with Crippen LogP contribution in [0.4, 0.5) is 4.79 Å². The molecule has 0 unspecified atom stereocenters. The van der Waals surface area contributed by atoms with E-state index in [1.807, 2.05) is 6.92 Å². The lowest BCUT2D eigenvalue weighted by Gasteiger charge is -2.62. The Hall–Kier alpha value is -2.05. The van der Waals surface area contributed by atoms with Gasteiger partial charge in [-0.15, -0.1) is 0 Å². The van der Waals surface area contributed by atoms with Crippen LogP contribution in [0, 0.1) is 47.3 Å². The van der Waals surface area contributed by atoms with Crippen molar-refractivity contribution in [2.45, 2.75) is 105 Å². The molecule has 4 aliphatic carbocycles. The number of ketones is 1. The lowest BCUT2D eigenvalue weighted by molar-refractivity contribution is -0.155. The molecule has 0 radical (unpaired) electrons. The summed E-state index contributed by atoms with van der Waals surface area (Å²) in [6.45, 7) is 10.1. The number of hydrogen-bond acceptors (Lipinski definition) is 7. The second-order valence-electron chi connectivity index (χ2n) is 12.7. The lowest BCUT2D eigenvalue weighted by atomic mass is 9.44. The standard InChI is InChI=1S/C28H40O7/c1-16(29)20-8-9-21-19-7-6-18-14-26(3,12-13-27(18,4)22(19)10-11-28(20,21)5)35-24(30)32-15-23-17(2)33-25(31)34-23/h18-22H,6-15H2,1-5H3/t18-,19-,20+,21-,22-,26+,27-,28+/m0/s1. The van der Waals surface area contributed by atoms with Gasteiger partial charge in [0.05, 0.1) is 0 Å². The second kappa shape index (κ2) is 8.52. The van der Waals surface area contributed by atoms with E-state index in [-0.39, 0.29) is 29.1 Å². The highest BCUT2D eigenvalue weighted by molar-refractivity contribution is 5.79. The van der Waals surface area contributed by atoms with Gasteiger partial charge in [-0.2, -0.15) is 0 Å². The average Bonchev–Trinajstić information content (AvgIpc) is 3.30. The average molecular weight is 489 g/mol. The van der Waals surface area contributed by atoms with E-state index in [2.05, 4.69) is 13.8 Å². The molecule has 4 aliphatic rings. The number of aryl methyl sites for hydroxylation is 1. The first-order valence-electron chi connectivity index (χ1n) is 13.4. The molecule has 0 N–H and O–H groups in total. The van der Waals surface area contributed by atoms with Crippen LogP contribution in [0.3, 0.4) is 0 Å². The Bertz CT molecular complexity index is 1050. The van der Waals surface area contributed by atoms with Crippen LogP contribution in [0.5, 0.6) is 0 Å². The maximum Gasteiger partial charge on any atom is 0.519 e. The smallest absolute Gasteiger partial charge is 0.428 e. The molecular formula is C28H40O7. The molecule has 0 saturated heterocycles. The van der Waals surface area contributed by atoms with Crippen molar-refractivity contribution in [3.8, 4) is 0 Å². The first-order chi connectivity index (χ1) is 16.4. The van der Waals surface area contributed by atoms with Gasteiger partial charge >= 0.3 is 12.0 Å². The van der Waals surface area contributed by atoms with Crippen molar-refractivity contribution in [2.75, 3.05) is 0 Å². The molecule has 1 aromatic heterocycles. The number of carbonyl (C=O) groups is 2. The maximum absolute atomic E-state index is 12.5. The molecule has 1 aromatic rings. The molecular weight excluding hydrogens is 448 g/mol. The minimum Gasteiger partial charge on any atom is -0.428 e. The van der Waals surface area contributed by atoms with Crippen molar-refractivity contribution in [3.05, 3.63) is 22.1 Å². The number of fused-ring (bicyclic) bond motifs is 5. The van der Waals surface area contributed by atoms with E-state index >= 15 is 0 Å². The highest BCUT2D eigenvalue weighted by Gasteiger charge is 2.61. The molecule has 7 heteroatoms. The minimum absolute atomic E-state index is 0.179. The zero-order chi connectivity index (χ0) is 25.2. The van der Waals surface area contributed by atoms with Gasteiger partial charge in [0.2, 0.25) is 0 Å². The summed E-state index contributed by atoms with van der Waals surface area (Å²) in [6.07, 6.45) is 8.98. The molecule has 8 atom stereocenters. The number of hydrogen-bond donors (Lipinski definition) is 0. The summed E-state index contributed by atoms with van der Waals surface area (Å²) in [4.78, 5) is 36.1. The van der Waals surface area contributed by atoms with Gasteiger partial charge in [-0.25, -0.2) is 9.59 Å². The Morgan fingerprint density at radius 2 is 1.69 bits per heavy atom. The third-order valence-electron chi connectivity index (χ3n) is 10.9. The van der Waals surface area contributed by atoms with Crippen LogP contribution >= 0.6 is 0 Å². The molecule has 0 bridgehead atoms. The Kier molecular flexibility index (Phi) is 5.99. The summed E-state index contributed by atoms with van der Waals surface area (Å²) in [5.41, 5.74) is -0.127. The van der Waals surface area contributed by atoms with Crippen LogP contribution in [-0.2, 0) is 20.9 Å². The summed E-state index contributed by atoms with van der Waals surface area (Å²) >= 11 is 0. The summed E-state index contributed by atoms with van der Waals surface area (Å²) in [7, 11) is 0. The van der Waals surface area contributed by atoms with Gasteiger partial charge in [0.15, 0.2) is 18.1 Å². The summed E-state index contributed by atoms with van der Waals surface area (Å²) in [6, 6.07) is 0. The summed E-state index contributed by atoms with van der Waals surface area (Å²) < 4.78 is 20.8. The van der Waals surface area contributed by atoms with Crippen LogP contribution in [0.2, 0.25) is 0 Å². The van der Waals surface area contributed by atoms with Crippen molar-refractivity contribution < 1.29 is 27.9 Å². The molecule has 0 aliphatic heterocycles. The molecule has 1 heterocycles. The van der Waals surface area contributed by atoms with Gasteiger partial charge in [0.1, 0.15) is 11.4 Å². The Morgan fingerprint density at radius 1 is 0.943 bits per heavy atom. The minimum atomic E-state index is -0.805. The quantitative estimate of drug-likeness (QED) is 0.465. The van der Waals surface area contributed by atoms with Gasteiger partial charge in [-0.1, -0.05) is 13.8 Å². The van der Waals surface area contributed by atoms with Gasteiger partial charge in [-0.3, -0.25) is 4.79 Å². The highest BCUT2D eigenvalue weighted by Crippen LogP contribution is 2.68. The fourth-order valence-electron chi connectivity index (χ4n) is 9.04. The predicted molar refractivity (Wildman–Crippen MR) is 128 cm³/mol. The molecule has 7 nitrogen and oxygen atoms in total. The molecule has 0 aromatic carbocycles. The third-order valence-corrected chi connectivity index (χ3v) is 10.9. The second-order valence-corrected chi connectivity index (χ2v) is 12.7. The molecule has 4 fully saturated rings. The molecule has 0 spiro atoms. The summed E-state index contributed by atoms with van der Waals surface area (Å²) in [5.74, 6) is 2.91. The van der Waals surface area contributed by atoms with Crippen molar-refractivity contribution in [1.29, 1.82) is 0 Å². The normalized spacial score (nSPS) is 42.5. The molecule has 0 amide bonds.